The summed E-state index contributed by atoms with van der Waals surface area (Å²) < 4.78 is 5.30. The van der Waals surface area contributed by atoms with Gasteiger partial charge in [-0.05, 0) is 19.8 Å². The highest BCUT2D eigenvalue weighted by molar-refractivity contribution is 7.11. The largest absolute Gasteiger partial charge is 0.368 e. The zero-order valence-electron chi connectivity index (χ0n) is 9.36. The predicted octanol–water partition coefficient (Wildman–Crippen LogP) is 1.29. The quantitative estimate of drug-likeness (QED) is 0.862. The van der Waals surface area contributed by atoms with Gasteiger partial charge in [-0.2, -0.15) is 0 Å². The number of hydrogen-bond donors (Lipinski definition) is 1. The van der Waals surface area contributed by atoms with Crippen molar-refractivity contribution < 1.29 is 9.53 Å². The van der Waals surface area contributed by atoms with Crippen LogP contribution < -0.4 is 5.32 Å². The molecule has 0 aliphatic carbocycles. The van der Waals surface area contributed by atoms with Crippen LogP contribution in [-0.2, 0) is 16.0 Å². The summed E-state index contributed by atoms with van der Waals surface area (Å²) in [5.74, 6) is 0.0192. The Morgan fingerprint density at radius 3 is 3.25 bits per heavy atom. The zero-order valence-corrected chi connectivity index (χ0v) is 10.2. The Morgan fingerprint density at radius 2 is 2.62 bits per heavy atom. The summed E-state index contributed by atoms with van der Waals surface area (Å²) in [7, 11) is 0. The molecule has 1 fully saturated rings. The average molecular weight is 240 g/mol. The molecule has 88 valence electrons. The van der Waals surface area contributed by atoms with E-state index in [1.54, 1.807) is 11.3 Å². The van der Waals surface area contributed by atoms with Crippen LogP contribution in [-0.4, -0.2) is 30.1 Å². The fraction of sp³-hybridized carbons (Fsp3) is 0.636. The van der Waals surface area contributed by atoms with Crippen LogP contribution in [0.1, 0.15) is 22.7 Å². The zero-order chi connectivity index (χ0) is 11.4. The molecule has 1 aromatic heterocycles. The second-order valence-electron chi connectivity index (χ2n) is 3.91. The van der Waals surface area contributed by atoms with Crippen molar-refractivity contribution >= 4 is 17.2 Å². The van der Waals surface area contributed by atoms with Crippen LogP contribution in [0.4, 0.5) is 0 Å². The van der Waals surface area contributed by atoms with Crippen molar-refractivity contribution in [1.82, 2.24) is 10.3 Å². The normalized spacial score (nSPS) is 19.9. The van der Waals surface area contributed by atoms with Crippen molar-refractivity contribution in [2.75, 3.05) is 13.2 Å². The number of thiazole rings is 1. The first kappa shape index (κ1) is 11.5. The minimum absolute atomic E-state index is 0.0192. The summed E-state index contributed by atoms with van der Waals surface area (Å²) in [6.07, 6.45) is 4.28. The Labute approximate surface area is 99.0 Å². The number of nitrogens with zero attached hydrogens (tertiary/aromatic N) is 1. The molecular weight excluding hydrogens is 224 g/mol. The van der Waals surface area contributed by atoms with E-state index < -0.39 is 0 Å². The van der Waals surface area contributed by atoms with Crippen molar-refractivity contribution in [3.63, 3.8) is 0 Å². The first-order valence-corrected chi connectivity index (χ1v) is 6.38. The third-order valence-electron chi connectivity index (χ3n) is 2.53. The Hall–Kier alpha value is -0.940. The van der Waals surface area contributed by atoms with Gasteiger partial charge in [0, 0.05) is 30.6 Å². The number of carbonyl (C=O) groups is 1. The molecule has 5 heteroatoms. The topological polar surface area (TPSA) is 51.2 Å². The summed E-state index contributed by atoms with van der Waals surface area (Å²) in [4.78, 5) is 17.0. The molecule has 1 aliphatic heterocycles. The molecule has 4 nitrogen and oxygen atoms in total. The second-order valence-corrected chi connectivity index (χ2v) is 5.23. The molecule has 1 N–H and O–H groups in total. The molecule has 0 aromatic carbocycles. The number of nitrogens with one attached hydrogen (secondary N) is 1. The summed E-state index contributed by atoms with van der Waals surface area (Å²) in [6, 6.07) is 0. The molecule has 0 saturated carbocycles. The van der Waals surface area contributed by atoms with Crippen LogP contribution in [0.15, 0.2) is 6.20 Å². The standard InChI is InChI=1S/C11H16N2O2S/c1-8-7-13-10(16-8)4-5-12-11(14)9-3-2-6-15-9/h7,9H,2-6H2,1H3,(H,12,14). The molecule has 0 bridgehead atoms. The number of hydrogen-bond acceptors (Lipinski definition) is 4. The van der Waals surface area contributed by atoms with Crippen LogP contribution in [0.3, 0.4) is 0 Å². The lowest BCUT2D eigenvalue weighted by molar-refractivity contribution is -0.129. The third kappa shape index (κ3) is 3.02. The Bertz CT molecular complexity index is 359. The maximum Gasteiger partial charge on any atom is 0.249 e. The molecule has 1 unspecified atom stereocenters. The number of aryl methyl sites for hydroxylation is 1. The number of amides is 1. The van der Waals surface area contributed by atoms with E-state index in [0.29, 0.717) is 13.2 Å². The number of carbonyl (C=O) groups excluding carboxylic acids is 1. The highest BCUT2D eigenvalue weighted by Crippen LogP contribution is 2.13. The summed E-state index contributed by atoms with van der Waals surface area (Å²) in [5.41, 5.74) is 0. The van der Waals surface area contributed by atoms with Crippen molar-refractivity contribution in [3.05, 3.63) is 16.1 Å². The van der Waals surface area contributed by atoms with Gasteiger partial charge in [0.1, 0.15) is 6.10 Å². The van der Waals surface area contributed by atoms with Crippen LogP contribution in [0.2, 0.25) is 0 Å². The first-order valence-electron chi connectivity index (χ1n) is 5.56. The minimum atomic E-state index is -0.224. The number of rotatable bonds is 4. The van der Waals surface area contributed by atoms with E-state index in [1.165, 1.54) is 4.88 Å². The number of ether oxygens (including phenoxy) is 1. The Morgan fingerprint density at radius 1 is 1.75 bits per heavy atom. The third-order valence-corrected chi connectivity index (χ3v) is 3.50. The van der Waals surface area contributed by atoms with E-state index in [1.807, 2.05) is 13.1 Å². The summed E-state index contributed by atoms with van der Waals surface area (Å²) in [5, 5.41) is 3.96. The summed E-state index contributed by atoms with van der Waals surface area (Å²) >= 11 is 1.68. The van der Waals surface area contributed by atoms with E-state index in [-0.39, 0.29) is 12.0 Å². The van der Waals surface area contributed by atoms with Crippen molar-refractivity contribution in [2.24, 2.45) is 0 Å². The molecule has 1 saturated heterocycles. The van der Waals surface area contributed by atoms with Gasteiger partial charge >= 0.3 is 0 Å². The van der Waals surface area contributed by atoms with Crippen LogP contribution in [0.5, 0.6) is 0 Å². The van der Waals surface area contributed by atoms with Gasteiger partial charge in [0.05, 0.1) is 5.01 Å². The molecule has 1 atom stereocenters. The van der Waals surface area contributed by atoms with E-state index in [0.717, 1.165) is 24.3 Å². The molecule has 16 heavy (non-hydrogen) atoms. The lowest BCUT2D eigenvalue weighted by Crippen LogP contribution is -2.35. The number of aromatic nitrogens is 1. The molecule has 0 radical (unpaired) electrons. The molecule has 2 heterocycles. The van der Waals surface area contributed by atoms with Gasteiger partial charge in [0.25, 0.3) is 0 Å². The van der Waals surface area contributed by atoms with E-state index >= 15 is 0 Å². The lowest BCUT2D eigenvalue weighted by Gasteiger charge is -2.09. The van der Waals surface area contributed by atoms with Gasteiger partial charge in [0.15, 0.2) is 0 Å². The maximum absolute atomic E-state index is 11.6. The Balaban J connectivity index is 1.69. The van der Waals surface area contributed by atoms with Crippen molar-refractivity contribution in [1.29, 1.82) is 0 Å². The molecule has 2 rings (SSSR count). The predicted molar refractivity (Wildman–Crippen MR) is 62.5 cm³/mol. The van der Waals surface area contributed by atoms with Crippen LogP contribution >= 0.6 is 11.3 Å². The minimum Gasteiger partial charge on any atom is -0.368 e. The highest BCUT2D eigenvalue weighted by Gasteiger charge is 2.22. The molecule has 1 aliphatic rings. The van der Waals surface area contributed by atoms with Gasteiger partial charge in [-0.25, -0.2) is 4.98 Å². The van der Waals surface area contributed by atoms with E-state index in [9.17, 15) is 4.79 Å². The first-order chi connectivity index (χ1) is 7.75. The van der Waals surface area contributed by atoms with Crippen LogP contribution in [0.25, 0.3) is 0 Å². The van der Waals surface area contributed by atoms with Gasteiger partial charge in [-0.3, -0.25) is 4.79 Å². The van der Waals surface area contributed by atoms with E-state index in [4.69, 9.17) is 4.74 Å². The van der Waals surface area contributed by atoms with E-state index in [2.05, 4.69) is 10.3 Å². The maximum atomic E-state index is 11.6. The van der Waals surface area contributed by atoms with Crippen molar-refractivity contribution in [3.8, 4) is 0 Å². The SMILES string of the molecule is Cc1cnc(CCNC(=O)C2CCCO2)s1. The average Bonchev–Trinajstić information content (AvgIpc) is 2.89. The van der Waals surface area contributed by atoms with Crippen molar-refractivity contribution in [2.45, 2.75) is 32.3 Å². The fourth-order valence-corrected chi connectivity index (χ4v) is 2.49. The molecule has 0 spiro atoms. The Kier molecular flexibility index (Phi) is 3.90. The molecule has 1 aromatic rings. The van der Waals surface area contributed by atoms with Crippen LogP contribution in [0, 0.1) is 6.92 Å². The van der Waals surface area contributed by atoms with Gasteiger partial charge < -0.3 is 10.1 Å². The lowest BCUT2D eigenvalue weighted by atomic mass is 10.2. The smallest absolute Gasteiger partial charge is 0.249 e. The summed E-state index contributed by atoms with van der Waals surface area (Å²) in [6.45, 7) is 3.39. The fourth-order valence-electron chi connectivity index (χ4n) is 1.71. The molecule has 1 amide bonds. The van der Waals surface area contributed by atoms with Gasteiger partial charge in [0.2, 0.25) is 5.91 Å². The monoisotopic (exact) mass is 240 g/mol. The van der Waals surface area contributed by atoms with Gasteiger partial charge in [-0.1, -0.05) is 0 Å². The van der Waals surface area contributed by atoms with Gasteiger partial charge in [-0.15, -0.1) is 11.3 Å². The highest BCUT2D eigenvalue weighted by atomic mass is 32.1. The molecular formula is C11H16N2O2S. The second kappa shape index (κ2) is 5.41.